The molecule has 2 heterocycles. The Bertz CT molecular complexity index is 1160. The number of aromatic nitrogens is 2. The molecule has 0 spiro atoms. The molecule has 0 radical (unpaired) electrons. The van der Waals surface area contributed by atoms with Gasteiger partial charge < -0.3 is 0 Å². The van der Waals surface area contributed by atoms with E-state index < -0.39 is 0 Å². The maximum absolute atomic E-state index is 13.1. The fourth-order valence-electron chi connectivity index (χ4n) is 4.00. The largest absolute Gasteiger partial charge is 0.287 e. The molecule has 4 nitrogen and oxygen atoms in total. The number of carbonyl (C=O) groups excluding carboxylic acids is 2. The van der Waals surface area contributed by atoms with Crippen LogP contribution in [-0.4, -0.2) is 20.9 Å². The Kier molecular flexibility index (Phi) is 4.40. The molecule has 0 unspecified atom stereocenters. The summed E-state index contributed by atoms with van der Waals surface area (Å²) in [4.78, 5) is 26.0. The number of nitrogens with zero attached hydrogens (tertiary/aromatic N) is 2. The third kappa shape index (κ3) is 2.78. The summed E-state index contributed by atoms with van der Waals surface area (Å²) in [6, 6.07) is 17.5. The van der Waals surface area contributed by atoms with E-state index in [1.54, 1.807) is 15.3 Å². The molecule has 4 rings (SSSR count). The lowest BCUT2D eigenvalue weighted by molar-refractivity contribution is 0.0807. The zero-order valence-corrected chi connectivity index (χ0v) is 15.6. The monoisotopic (exact) mass is 358 g/mol. The lowest BCUT2D eigenvalue weighted by Gasteiger charge is -2.10. The van der Waals surface area contributed by atoms with E-state index >= 15 is 0 Å². The Labute approximate surface area is 158 Å². The van der Waals surface area contributed by atoms with Crippen molar-refractivity contribution < 1.29 is 9.59 Å². The first-order valence-corrected chi connectivity index (χ1v) is 9.39. The molecule has 0 aliphatic carbocycles. The highest BCUT2D eigenvalue weighted by atomic mass is 16.2. The normalized spacial score (nSPS) is 11.3. The van der Waals surface area contributed by atoms with Gasteiger partial charge in [-0.25, -0.2) is 0 Å². The molecular weight excluding hydrogens is 336 g/mol. The number of benzene rings is 2. The topological polar surface area (TPSA) is 44.0 Å². The summed E-state index contributed by atoms with van der Waals surface area (Å²) in [5.41, 5.74) is 3.92. The van der Waals surface area contributed by atoms with E-state index in [-0.39, 0.29) is 18.2 Å². The lowest BCUT2D eigenvalue weighted by Crippen LogP contribution is -2.21. The first-order valence-electron chi connectivity index (χ1n) is 9.39. The van der Waals surface area contributed by atoms with Gasteiger partial charge in [-0.15, -0.1) is 0 Å². The summed E-state index contributed by atoms with van der Waals surface area (Å²) in [6.45, 7) is 4.16. The minimum Gasteiger partial charge on any atom is -0.287 e. The standard InChI is InChI=1S/C23H22N2O2/c1-3-17-18-10-6-8-12-21(18)25(19(17)4-2)23(27)15-22(26)24-14-13-16-9-5-7-11-20(16)24/h5-14H,3-4,15H2,1-2H3. The highest BCUT2D eigenvalue weighted by molar-refractivity contribution is 6.06. The maximum Gasteiger partial charge on any atom is 0.240 e. The Morgan fingerprint density at radius 2 is 1.52 bits per heavy atom. The molecule has 0 aliphatic rings. The molecule has 27 heavy (non-hydrogen) atoms. The van der Waals surface area contributed by atoms with Gasteiger partial charge in [0, 0.05) is 22.7 Å². The van der Waals surface area contributed by atoms with Crippen molar-refractivity contribution in [2.75, 3.05) is 0 Å². The predicted octanol–water partition coefficient (Wildman–Crippen LogP) is 5.09. The zero-order valence-electron chi connectivity index (χ0n) is 15.6. The van der Waals surface area contributed by atoms with E-state index in [2.05, 4.69) is 19.9 Å². The Balaban J connectivity index is 1.74. The van der Waals surface area contributed by atoms with E-state index in [1.807, 2.05) is 48.5 Å². The Morgan fingerprint density at radius 1 is 0.815 bits per heavy atom. The highest BCUT2D eigenvalue weighted by Gasteiger charge is 2.22. The second-order valence-electron chi connectivity index (χ2n) is 6.69. The van der Waals surface area contributed by atoms with Gasteiger partial charge in [0.15, 0.2) is 0 Å². The van der Waals surface area contributed by atoms with Crippen LogP contribution in [0.2, 0.25) is 0 Å². The molecule has 0 saturated heterocycles. The van der Waals surface area contributed by atoms with Crippen molar-refractivity contribution in [3.63, 3.8) is 0 Å². The van der Waals surface area contributed by atoms with Gasteiger partial charge in [0.2, 0.25) is 11.8 Å². The average Bonchev–Trinajstić information content (AvgIpc) is 3.26. The van der Waals surface area contributed by atoms with Crippen LogP contribution in [0.15, 0.2) is 60.8 Å². The van der Waals surface area contributed by atoms with Crippen LogP contribution >= 0.6 is 0 Å². The number of para-hydroxylation sites is 2. The molecule has 0 amide bonds. The molecule has 0 atom stereocenters. The highest BCUT2D eigenvalue weighted by Crippen LogP contribution is 2.28. The van der Waals surface area contributed by atoms with Crippen LogP contribution < -0.4 is 0 Å². The van der Waals surface area contributed by atoms with Crippen molar-refractivity contribution >= 4 is 33.6 Å². The number of fused-ring (bicyclic) bond motifs is 2. The van der Waals surface area contributed by atoms with Gasteiger partial charge in [0.05, 0.1) is 11.0 Å². The molecular formula is C23H22N2O2. The maximum atomic E-state index is 13.1. The molecule has 0 saturated carbocycles. The number of rotatable bonds is 4. The van der Waals surface area contributed by atoms with Gasteiger partial charge >= 0.3 is 0 Å². The second-order valence-corrected chi connectivity index (χ2v) is 6.69. The van der Waals surface area contributed by atoms with Crippen LogP contribution in [0.1, 0.15) is 41.1 Å². The van der Waals surface area contributed by atoms with Crippen LogP contribution in [0.4, 0.5) is 0 Å². The minimum absolute atomic E-state index is 0.159. The van der Waals surface area contributed by atoms with Crippen LogP contribution in [0.25, 0.3) is 21.8 Å². The molecule has 136 valence electrons. The van der Waals surface area contributed by atoms with Crippen molar-refractivity contribution in [3.8, 4) is 0 Å². The lowest BCUT2D eigenvalue weighted by atomic mass is 10.1. The van der Waals surface area contributed by atoms with Gasteiger partial charge in [0.25, 0.3) is 0 Å². The number of carbonyl (C=O) groups is 2. The molecule has 0 bridgehead atoms. The van der Waals surface area contributed by atoms with Crippen LogP contribution in [-0.2, 0) is 12.8 Å². The Hall–Kier alpha value is -3.14. The van der Waals surface area contributed by atoms with Crippen LogP contribution in [0, 0.1) is 0 Å². The van der Waals surface area contributed by atoms with Crippen molar-refractivity contribution in [2.24, 2.45) is 0 Å². The third-order valence-electron chi connectivity index (χ3n) is 5.20. The number of hydrogen-bond donors (Lipinski definition) is 0. The third-order valence-corrected chi connectivity index (χ3v) is 5.20. The molecule has 2 aromatic heterocycles. The molecule has 0 aliphatic heterocycles. The Morgan fingerprint density at radius 3 is 2.26 bits per heavy atom. The van der Waals surface area contributed by atoms with Gasteiger partial charge in [-0.05, 0) is 36.6 Å². The molecule has 4 aromatic rings. The van der Waals surface area contributed by atoms with Gasteiger partial charge in [-0.1, -0.05) is 50.2 Å². The average molecular weight is 358 g/mol. The zero-order chi connectivity index (χ0) is 19.0. The van der Waals surface area contributed by atoms with Crippen molar-refractivity contribution in [1.82, 2.24) is 9.13 Å². The molecule has 4 heteroatoms. The van der Waals surface area contributed by atoms with Crippen LogP contribution in [0.3, 0.4) is 0 Å². The SMILES string of the molecule is CCc1c(CC)n(C(=O)CC(=O)n2ccc3ccccc32)c2ccccc12. The minimum atomic E-state index is -0.209. The summed E-state index contributed by atoms with van der Waals surface area (Å²) in [6.07, 6.45) is 3.20. The van der Waals surface area contributed by atoms with E-state index in [0.29, 0.717) is 0 Å². The summed E-state index contributed by atoms with van der Waals surface area (Å²) < 4.78 is 3.32. The van der Waals surface area contributed by atoms with E-state index in [1.165, 1.54) is 5.56 Å². The molecule has 2 aromatic carbocycles. The first kappa shape index (κ1) is 17.3. The molecule has 0 fully saturated rings. The quantitative estimate of drug-likeness (QED) is 0.477. The predicted molar refractivity (Wildman–Crippen MR) is 109 cm³/mol. The van der Waals surface area contributed by atoms with Gasteiger partial charge in [-0.2, -0.15) is 0 Å². The summed E-state index contributed by atoms with van der Waals surface area (Å²) >= 11 is 0. The van der Waals surface area contributed by atoms with Crippen LogP contribution in [0.5, 0.6) is 0 Å². The number of aryl methyl sites for hydroxylation is 1. The van der Waals surface area contributed by atoms with Gasteiger partial charge in [0.1, 0.15) is 6.42 Å². The second kappa shape index (κ2) is 6.88. The van der Waals surface area contributed by atoms with E-state index in [9.17, 15) is 9.59 Å². The van der Waals surface area contributed by atoms with E-state index in [4.69, 9.17) is 0 Å². The summed E-state index contributed by atoms with van der Waals surface area (Å²) in [7, 11) is 0. The van der Waals surface area contributed by atoms with E-state index in [0.717, 1.165) is 40.3 Å². The summed E-state index contributed by atoms with van der Waals surface area (Å²) in [5, 5.41) is 2.09. The van der Waals surface area contributed by atoms with Crippen molar-refractivity contribution in [3.05, 3.63) is 72.1 Å². The smallest absolute Gasteiger partial charge is 0.240 e. The van der Waals surface area contributed by atoms with Crippen molar-refractivity contribution in [1.29, 1.82) is 0 Å². The van der Waals surface area contributed by atoms with Crippen molar-refractivity contribution in [2.45, 2.75) is 33.1 Å². The fraction of sp³-hybridized carbons (Fsp3) is 0.217. The van der Waals surface area contributed by atoms with Gasteiger partial charge in [-0.3, -0.25) is 18.7 Å². The number of hydrogen-bond acceptors (Lipinski definition) is 2. The first-order chi connectivity index (χ1) is 13.2. The fourth-order valence-corrected chi connectivity index (χ4v) is 4.00. The summed E-state index contributed by atoms with van der Waals surface area (Å²) in [5.74, 6) is -0.385. The molecule has 0 N–H and O–H groups in total.